The fourth-order valence-electron chi connectivity index (χ4n) is 3.28. The van der Waals surface area contributed by atoms with Crippen molar-refractivity contribution in [2.24, 2.45) is 5.92 Å². The molecule has 0 spiro atoms. The lowest BCUT2D eigenvalue weighted by molar-refractivity contribution is -0.136. The zero-order valence-electron chi connectivity index (χ0n) is 12.0. The zero-order valence-corrected chi connectivity index (χ0v) is 12.0. The quantitative estimate of drug-likeness (QED) is 0.808. The van der Waals surface area contributed by atoms with E-state index in [1.165, 1.54) is 31.4 Å². The molecule has 0 N–H and O–H groups in total. The molecule has 0 aliphatic carbocycles. The Kier molecular flexibility index (Phi) is 3.41. The molecule has 0 aromatic heterocycles. The topological polar surface area (TPSA) is 49.9 Å². The molecule has 3 rings (SSSR count). The van der Waals surface area contributed by atoms with Crippen LogP contribution < -0.4 is 0 Å². The molecule has 0 unspecified atom stereocenters. The number of benzene rings is 1. The Morgan fingerprint density at radius 1 is 1.29 bits per heavy atom. The van der Waals surface area contributed by atoms with Crippen molar-refractivity contribution >= 4 is 11.8 Å². The van der Waals surface area contributed by atoms with E-state index in [0.29, 0.717) is 18.7 Å². The number of halogens is 1. The van der Waals surface area contributed by atoms with Gasteiger partial charge in [0.25, 0.3) is 11.8 Å². The van der Waals surface area contributed by atoms with Crippen LogP contribution in [0, 0.1) is 11.7 Å². The van der Waals surface area contributed by atoms with Crippen LogP contribution in [-0.4, -0.2) is 61.0 Å². The zero-order chi connectivity index (χ0) is 15.1. The van der Waals surface area contributed by atoms with E-state index in [2.05, 4.69) is 0 Å². The number of rotatable bonds is 2. The average Bonchev–Trinajstić information content (AvgIpc) is 3.00. The van der Waals surface area contributed by atoms with Gasteiger partial charge in [0.1, 0.15) is 11.9 Å². The lowest BCUT2D eigenvalue weighted by Gasteiger charge is -2.22. The number of hydrogen-bond donors (Lipinski definition) is 0. The summed E-state index contributed by atoms with van der Waals surface area (Å²) < 4.78 is 18.2. The van der Waals surface area contributed by atoms with Crippen molar-refractivity contribution in [1.82, 2.24) is 9.80 Å². The minimum atomic E-state index is -0.481. The molecule has 5 nitrogen and oxygen atoms in total. The van der Waals surface area contributed by atoms with Gasteiger partial charge in [-0.1, -0.05) is 0 Å². The molecule has 1 aromatic carbocycles. The Hall–Kier alpha value is -1.95. The molecule has 2 amide bonds. The van der Waals surface area contributed by atoms with E-state index in [1.807, 2.05) is 0 Å². The monoisotopic (exact) mass is 292 g/mol. The van der Waals surface area contributed by atoms with Crippen LogP contribution in [0.1, 0.15) is 10.4 Å². The summed E-state index contributed by atoms with van der Waals surface area (Å²) in [4.78, 5) is 27.8. The van der Waals surface area contributed by atoms with Crippen molar-refractivity contribution < 1.29 is 18.7 Å². The highest BCUT2D eigenvalue weighted by Gasteiger charge is 2.52. The molecule has 0 bridgehead atoms. The molecular formula is C15H17FN2O3. The van der Waals surface area contributed by atoms with Crippen molar-refractivity contribution in [3.05, 3.63) is 35.6 Å². The van der Waals surface area contributed by atoms with Crippen molar-refractivity contribution in [2.45, 2.75) is 12.1 Å². The van der Waals surface area contributed by atoms with E-state index in [9.17, 15) is 14.0 Å². The number of carbonyl (C=O) groups is 2. The van der Waals surface area contributed by atoms with E-state index in [-0.39, 0.29) is 29.6 Å². The van der Waals surface area contributed by atoms with E-state index in [1.54, 1.807) is 16.8 Å². The summed E-state index contributed by atoms with van der Waals surface area (Å²) in [7, 11) is 3.26. The largest absolute Gasteiger partial charge is 0.371 e. The Balaban J connectivity index is 1.77. The number of likely N-dealkylation sites (tertiary alicyclic amines) is 2. The highest BCUT2D eigenvalue weighted by molar-refractivity contribution is 5.95. The molecule has 2 aliphatic heterocycles. The van der Waals surface area contributed by atoms with Crippen LogP contribution in [0.3, 0.4) is 0 Å². The Labute approximate surface area is 122 Å². The van der Waals surface area contributed by atoms with Gasteiger partial charge in [-0.2, -0.15) is 0 Å². The van der Waals surface area contributed by atoms with Crippen molar-refractivity contribution in [3.8, 4) is 0 Å². The van der Waals surface area contributed by atoms with Crippen LogP contribution in [0.4, 0.5) is 4.39 Å². The Morgan fingerprint density at radius 3 is 2.57 bits per heavy atom. The number of nitrogens with zero attached hydrogens (tertiary/aromatic N) is 2. The van der Waals surface area contributed by atoms with Gasteiger partial charge in [-0.15, -0.1) is 0 Å². The molecule has 2 fully saturated rings. The minimum Gasteiger partial charge on any atom is -0.371 e. The van der Waals surface area contributed by atoms with E-state index in [0.717, 1.165) is 0 Å². The van der Waals surface area contributed by atoms with Gasteiger partial charge in [0.15, 0.2) is 0 Å². The number of fused-ring (bicyclic) bond motifs is 1. The second-order valence-electron chi connectivity index (χ2n) is 5.55. The van der Waals surface area contributed by atoms with Gasteiger partial charge >= 0.3 is 0 Å². The van der Waals surface area contributed by atoms with Gasteiger partial charge in [-0.3, -0.25) is 9.59 Å². The first kappa shape index (κ1) is 14.0. The number of likely N-dealkylation sites (N-methyl/N-ethyl adjacent to an activating group) is 1. The van der Waals surface area contributed by atoms with Crippen LogP contribution in [0.25, 0.3) is 0 Å². The Morgan fingerprint density at radius 2 is 1.95 bits per heavy atom. The summed E-state index contributed by atoms with van der Waals surface area (Å²) in [5, 5.41) is 0. The number of carbonyl (C=O) groups excluding carboxylic acids is 2. The van der Waals surface area contributed by atoms with Crippen LogP contribution in [0.5, 0.6) is 0 Å². The van der Waals surface area contributed by atoms with Gasteiger partial charge in [-0.25, -0.2) is 4.39 Å². The first-order chi connectivity index (χ1) is 10.0. The normalized spacial score (nSPS) is 28.1. The maximum absolute atomic E-state index is 12.9. The van der Waals surface area contributed by atoms with Crippen LogP contribution in [0.2, 0.25) is 0 Å². The second kappa shape index (κ2) is 5.11. The summed E-state index contributed by atoms with van der Waals surface area (Å²) in [6.45, 7) is 0.971. The van der Waals surface area contributed by atoms with Gasteiger partial charge < -0.3 is 14.5 Å². The molecule has 0 radical (unpaired) electrons. The number of ether oxygens (including phenoxy) is 1. The summed E-state index contributed by atoms with van der Waals surface area (Å²) in [5.74, 6) is -0.534. The van der Waals surface area contributed by atoms with Gasteiger partial charge in [0, 0.05) is 38.7 Å². The van der Waals surface area contributed by atoms with E-state index >= 15 is 0 Å². The minimum absolute atomic E-state index is 0.00287. The van der Waals surface area contributed by atoms with Gasteiger partial charge in [0.2, 0.25) is 0 Å². The molecule has 3 atom stereocenters. The molecule has 112 valence electrons. The van der Waals surface area contributed by atoms with Crippen LogP contribution >= 0.6 is 0 Å². The van der Waals surface area contributed by atoms with E-state index in [4.69, 9.17) is 4.74 Å². The third kappa shape index (κ3) is 2.19. The number of methoxy groups -OCH3 is 1. The second-order valence-corrected chi connectivity index (χ2v) is 5.55. The fraction of sp³-hybridized carbons (Fsp3) is 0.467. The SMILES string of the molecule is CO[C@@H]1C(=O)N(C)[C@@H]2CN(C(=O)c3ccc(F)cc3)C[C@H]12. The predicted molar refractivity (Wildman–Crippen MR) is 73.1 cm³/mol. The highest BCUT2D eigenvalue weighted by atomic mass is 19.1. The van der Waals surface area contributed by atoms with Crippen molar-refractivity contribution in [1.29, 1.82) is 0 Å². The van der Waals surface area contributed by atoms with Crippen molar-refractivity contribution in [3.63, 3.8) is 0 Å². The Bertz CT molecular complexity index is 575. The molecule has 1 aromatic rings. The molecule has 0 saturated carbocycles. The summed E-state index contributed by atoms with van der Waals surface area (Å²) >= 11 is 0. The average molecular weight is 292 g/mol. The standard InChI is InChI=1S/C15H17FN2O3/c1-17-12-8-18(7-11(12)13(21-2)15(17)20)14(19)9-3-5-10(16)6-4-9/h3-6,11-13H,7-8H2,1-2H3/t11-,12+,13-/m0/s1. The summed E-state index contributed by atoms with van der Waals surface area (Å²) in [6.07, 6.45) is -0.481. The number of hydrogen-bond acceptors (Lipinski definition) is 3. The fourth-order valence-corrected chi connectivity index (χ4v) is 3.28. The van der Waals surface area contributed by atoms with Crippen LogP contribution in [0.15, 0.2) is 24.3 Å². The van der Waals surface area contributed by atoms with Gasteiger partial charge in [-0.05, 0) is 24.3 Å². The maximum Gasteiger partial charge on any atom is 0.253 e. The summed E-state index contributed by atoms with van der Waals surface area (Å²) in [5.41, 5.74) is 0.458. The van der Waals surface area contributed by atoms with Crippen molar-refractivity contribution in [2.75, 3.05) is 27.2 Å². The summed E-state index contributed by atoms with van der Waals surface area (Å²) in [6, 6.07) is 5.50. The molecule has 6 heteroatoms. The first-order valence-electron chi connectivity index (χ1n) is 6.87. The highest BCUT2D eigenvalue weighted by Crippen LogP contribution is 2.33. The molecule has 2 heterocycles. The van der Waals surface area contributed by atoms with Crippen LogP contribution in [-0.2, 0) is 9.53 Å². The maximum atomic E-state index is 12.9. The smallest absolute Gasteiger partial charge is 0.253 e. The molecule has 21 heavy (non-hydrogen) atoms. The van der Waals surface area contributed by atoms with E-state index < -0.39 is 6.10 Å². The predicted octanol–water partition coefficient (Wildman–Crippen LogP) is 0.753. The third-order valence-corrected chi connectivity index (χ3v) is 4.44. The number of amides is 2. The lowest BCUT2D eigenvalue weighted by atomic mass is 10.0. The van der Waals surface area contributed by atoms with Gasteiger partial charge in [0.05, 0.1) is 6.04 Å². The molecular weight excluding hydrogens is 275 g/mol. The lowest BCUT2D eigenvalue weighted by Crippen LogP contribution is -2.38. The third-order valence-electron chi connectivity index (χ3n) is 4.44. The molecule has 2 saturated heterocycles. The first-order valence-corrected chi connectivity index (χ1v) is 6.87. The molecule has 2 aliphatic rings.